The lowest BCUT2D eigenvalue weighted by Gasteiger charge is -2.21. The molecular formula is C24H38N2O13. The summed E-state index contributed by atoms with van der Waals surface area (Å²) in [6.07, 6.45) is -2.91. The van der Waals surface area contributed by atoms with Crippen molar-refractivity contribution in [1.29, 1.82) is 0 Å². The fourth-order valence-corrected chi connectivity index (χ4v) is 2.75. The molecule has 1 rings (SSSR count). The van der Waals surface area contributed by atoms with E-state index in [2.05, 4.69) is 5.32 Å². The van der Waals surface area contributed by atoms with Crippen molar-refractivity contribution >= 4 is 30.1 Å². The van der Waals surface area contributed by atoms with Crippen molar-refractivity contribution in [3.8, 4) is 5.75 Å². The number of nitrogens with zero attached hydrogens (tertiary/aromatic N) is 1. The first-order valence-electron chi connectivity index (χ1n) is 11.8. The van der Waals surface area contributed by atoms with E-state index in [1.165, 1.54) is 12.1 Å². The van der Waals surface area contributed by atoms with Crippen molar-refractivity contribution in [2.75, 3.05) is 13.2 Å². The second-order valence-electron chi connectivity index (χ2n) is 9.13. The van der Waals surface area contributed by atoms with Gasteiger partial charge in [-0.15, -0.1) is 0 Å². The summed E-state index contributed by atoms with van der Waals surface area (Å²) in [5.41, 5.74) is 0.0528. The molecule has 0 saturated carbocycles. The molecule has 0 heterocycles. The Morgan fingerprint density at radius 3 is 2.00 bits per heavy atom. The van der Waals surface area contributed by atoms with Gasteiger partial charge in [0.05, 0.1) is 24.2 Å². The first kappa shape index (κ1) is 36.9. The summed E-state index contributed by atoms with van der Waals surface area (Å²) < 4.78 is 15.9. The number of alkyl carbamates (subject to hydrolysis) is 1. The molecule has 39 heavy (non-hydrogen) atoms. The van der Waals surface area contributed by atoms with Crippen LogP contribution in [-0.2, 0) is 20.7 Å². The van der Waals surface area contributed by atoms with Gasteiger partial charge in [-0.25, -0.2) is 19.2 Å². The second-order valence-corrected chi connectivity index (χ2v) is 9.13. The summed E-state index contributed by atoms with van der Waals surface area (Å²) in [7, 11) is 0. The van der Waals surface area contributed by atoms with E-state index >= 15 is 0 Å². The van der Waals surface area contributed by atoms with Crippen molar-refractivity contribution in [3.05, 3.63) is 33.9 Å². The third kappa shape index (κ3) is 20.4. The van der Waals surface area contributed by atoms with Gasteiger partial charge in [-0.2, -0.15) is 0 Å². The first-order valence-corrected chi connectivity index (χ1v) is 11.8. The number of carbonyl (C=O) groups excluding carboxylic acids is 2. The first-order chi connectivity index (χ1) is 17.9. The van der Waals surface area contributed by atoms with Crippen LogP contribution in [0.2, 0.25) is 0 Å². The maximum atomic E-state index is 12.3. The molecule has 0 saturated heterocycles. The molecule has 0 fully saturated rings. The summed E-state index contributed by atoms with van der Waals surface area (Å²) >= 11 is 0. The maximum absolute atomic E-state index is 12.3. The fraction of sp³-hybridized carbons (Fsp3) is 0.583. The number of nitrogens with one attached hydrogen (secondary N) is 1. The number of amides is 1. The second kappa shape index (κ2) is 18.9. The van der Waals surface area contributed by atoms with Crippen LogP contribution in [-0.4, -0.2) is 75.1 Å². The summed E-state index contributed by atoms with van der Waals surface area (Å²) in [6, 6.07) is 3.45. The Morgan fingerprint density at radius 2 is 1.56 bits per heavy atom. The van der Waals surface area contributed by atoms with Gasteiger partial charge in [-0.3, -0.25) is 10.1 Å². The number of carboxylic acid groups (broad SMARTS) is 4. The van der Waals surface area contributed by atoms with E-state index in [1.807, 2.05) is 34.6 Å². The molecule has 0 unspecified atom stereocenters. The topological polar surface area (TPSA) is 232 Å². The molecule has 15 nitrogen and oxygen atoms in total. The molecule has 0 bridgehead atoms. The number of nitro benzene ring substituents is 1. The van der Waals surface area contributed by atoms with E-state index in [4.69, 9.17) is 44.2 Å². The van der Waals surface area contributed by atoms with Crippen LogP contribution in [0.4, 0.5) is 20.1 Å². The lowest BCUT2D eigenvalue weighted by Crippen LogP contribution is -2.44. The number of ether oxygens (including phenoxy) is 3. The van der Waals surface area contributed by atoms with Gasteiger partial charge in [0.2, 0.25) is 0 Å². The molecule has 1 aromatic rings. The molecule has 0 aliphatic heterocycles. The van der Waals surface area contributed by atoms with E-state index < -0.39 is 35.3 Å². The predicted molar refractivity (Wildman–Crippen MR) is 137 cm³/mol. The van der Waals surface area contributed by atoms with Crippen molar-refractivity contribution < 1.29 is 58.7 Å². The lowest BCUT2D eigenvalue weighted by molar-refractivity contribution is -0.386. The van der Waals surface area contributed by atoms with E-state index in [-0.39, 0.29) is 42.6 Å². The summed E-state index contributed by atoms with van der Waals surface area (Å²) in [5.74, 6) is -0.477. The zero-order valence-electron chi connectivity index (χ0n) is 22.8. The Bertz CT molecular complexity index is 924. The molecule has 0 aliphatic rings. The number of rotatable bonds is 11. The highest BCUT2D eigenvalue weighted by Gasteiger charge is 2.26. The largest absolute Gasteiger partial charge is 0.503 e. The predicted octanol–water partition coefficient (Wildman–Crippen LogP) is 4.85. The molecule has 0 aliphatic carbocycles. The number of carbonyl (C=O) groups is 4. The molecule has 2 atom stereocenters. The summed E-state index contributed by atoms with van der Waals surface area (Å²) in [5, 5.41) is 41.9. The minimum absolute atomic E-state index is 0.00901. The molecule has 5 N–H and O–H groups in total. The number of benzene rings is 1. The van der Waals surface area contributed by atoms with Crippen molar-refractivity contribution in [3.63, 3.8) is 0 Å². The zero-order valence-corrected chi connectivity index (χ0v) is 22.8. The Hall–Kier alpha value is -4.30. The lowest BCUT2D eigenvalue weighted by atomic mass is 9.99. The van der Waals surface area contributed by atoms with Crippen LogP contribution in [0, 0.1) is 15.5 Å². The highest BCUT2D eigenvalue weighted by atomic mass is 16.6. The van der Waals surface area contributed by atoms with E-state index in [1.54, 1.807) is 13.0 Å². The van der Waals surface area contributed by atoms with Gasteiger partial charge in [0, 0.05) is 12.5 Å². The number of nitro groups is 1. The van der Waals surface area contributed by atoms with Gasteiger partial charge in [0.1, 0.15) is 6.04 Å². The average Bonchev–Trinajstić information content (AvgIpc) is 2.77. The minimum atomic E-state index is -1.83. The van der Waals surface area contributed by atoms with Gasteiger partial charge in [0.15, 0.2) is 5.75 Å². The van der Waals surface area contributed by atoms with Crippen LogP contribution in [0.3, 0.4) is 0 Å². The quantitative estimate of drug-likeness (QED) is 0.138. The normalized spacial score (nSPS) is 11.6. The van der Waals surface area contributed by atoms with Gasteiger partial charge >= 0.3 is 30.1 Å². The number of hydrogen-bond donors (Lipinski definition) is 5. The van der Waals surface area contributed by atoms with Crippen LogP contribution < -0.4 is 10.1 Å². The maximum Gasteiger partial charge on any atom is 0.503 e. The Kier molecular flexibility index (Phi) is 17.8. The molecule has 0 aromatic heterocycles. The number of esters is 1. The van der Waals surface area contributed by atoms with E-state index in [0.717, 1.165) is 12.8 Å². The average molecular weight is 563 g/mol. The standard InChI is InChI=1S/C22H34N2O7.2CH2O3/c1-7-9-15(3)31-19-11-10-16(13-18(19)24(27)28)12-17(20(25)29-8-2)23-21(26)30-14-22(4,5)6;2*2-1(3)4/h10-11,13,15,17H,7-9,12,14H2,1-6H3,(H,23,26);2*(H2,2,3,4)/t15-,17+;;/m1../s1. The smallest absolute Gasteiger partial charge is 0.484 e. The van der Waals surface area contributed by atoms with Crippen molar-refractivity contribution in [2.45, 2.75) is 73.0 Å². The highest BCUT2D eigenvalue weighted by Crippen LogP contribution is 2.30. The van der Waals surface area contributed by atoms with Crippen LogP contribution in [0.5, 0.6) is 5.75 Å². The highest BCUT2D eigenvalue weighted by molar-refractivity contribution is 5.81. The molecule has 0 spiro atoms. The third-order valence-electron chi connectivity index (χ3n) is 4.18. The third-order valence-corrected chi connectivity index (χ3v) is 4.18. The Labute approximate surface area is 225 Å². The monoisotopic (exact) mass is 562 g/mol. The van der Waals surface area contributed by atoms with Crippen molar-refractivity contribution in [1.82, 2.24) is 5.32 Å². The number of hydrogen-bond acceptors (Lipinski definition) is 9. The van der Waals surface area contributed by atoms with Crippen LogP contribution in [0.1, 0.15) is 59.9 Å². The van der Waals surface area contributed by atoms with E-state index in [0.29, 0.717) is 5.56 Å². The Morgan fingerprint density at radius 1 is 1.03 bits per heavy atom. The van der Waals surface area contributed by atoms with Crippen molar-refractivity contribution in [2.24, 2.45) is 5.41 Å². The van der Waals surface area contributed by atoms with Crippen LogP contribution >= 0.6 is 0 Å². The summed E-state index contributed by atoms with van der Waals surface area (Å²) in [6.45, 7) is 11.5. The van der Waals surface area contributed by atoms with Gasteiger partial charge in [-0.1, -0.05) is 40.2 Å². The molecule has 1 aromatic carbocycles. The molecular weight excluding hydrogens is 524 g/mol. The van der Waals surface area contributed by atoms with Gasteiger partial charge in [0.25, 0.3) is 0 Å². The van der Waals surface area contributed by atoms with Crippen LogP contribution in [0.25, 0.3) is 0 Å². The van der Waals surface area contributed by atoms with Gasteiger partial charge < -0.3 is 40.0 Å². The summed E-state index contributed by atoms with van der Waals surface area (Å²) in [4.78, 5) is 52.6. The van der Waals surface area contributed by atoms with Crippen LogP contribution in [0.15, 0.2) is 18.2 Å². The fourth-order valence-electron chi connectivity index (χ4n) is 2.75. The van der Waals surface area contributed by atoms with Gasteiger partial charge in [-0.05, 0) is 37.3 Å². The zero-order chi connectivity index (χ0) is 30.8. The molecule has 0 radical (unpaired) electrons. The SMILES string of the molecule is CCC[C@@H](C)Oc1ccc(C[C@H](NC(=O)OCC(C)(C)C)C(=O)OCC)cc1[N+](=O)[O-].O=C(O)O.O=C(O)O. The molecule has 1 amide bonds. The molecule has 222 valence electrons. The van der Waals surface area contributed by atoms with E-state index in [9.17, 15) is 19.7 Å². The molecule has 15 heteroatoms. The Balaban J connectivity index is 0. The minimum Gasteiger partial charge on any atom is -0.484 e.